The molecule has 4 unspecified atom stereocenters. The Morgan fingerprint density at radius 1 is 1.33 bits per heavy atom. The van der Waals surface area contributed by atoms with Crippen molar-refractivity contribution in [1.29, 1.82) is 21.2 Å². The van der Waals surface area contributed by atoms with E-state index in [1.165, 1.54) is 11.3 Å². The molecule has 1 aromatic rings. The maximum atomic E-state index is 9.99. The molecule has 122 valence electrons. The predicted molar refractivity (Wildman–Crippen MR) is 88.5 cm³/mol. The Bertz CT molecular complexity index is 833. The van der Waals surface area contributed by atoms with Crippen molar-refractivity contribution in [3.8, 4) is 18.2 Å². The number of nitriles is 3. The lowest BCUT2D eigenvalue weighted by atomic mass is 9.53. The number of ether oxygens (including phenoxy) is 2. The maximum absolute atomic E-state index is 9.99. The highest BCUT2D eigenvalue weighted by Crippen LogP contribution is 2.67. The van der Waals surface area contributed by atoms with E-state index in [2.05, 4.69) is 22.0 Å². The first kappa shape index (κ1) is 16.9. The third-order valence-corrected chi connectivity index (χ3v) is 6.71. The number of fused-ring (bicyclic) bond motifs is 2. The summed E-state index contributed by atoms with van der Waals surface area (Å²) < 4.78 is 12.5. The highest BCUT2D eigenvalue weighted by atomic mass is 79.9. The first-order valence-corrected chi connectivity index (χ1v) is 8.96. The van der Waals surface area contributed by atoms with Crippen LogP contribution < -0.4 is 0 Å². The van der Waals surface area contributed by atoms with Gasteiger partial charge in [0.05, 0.1) is 24.1 Å². The van der Waals surface area contributed by atoms with Gasteiger partial charge in [0.2, 0.25) is 17.1 Å². The Hall–Kier alpha value is -1.92. The minimum Gasteiger partial charge on any atom is -0.448 e. The van der Waals surface area contributed by atoms with Gasteiger partial charge in [0.1, 0.15) is 6.10 Å². The van der Waals surface area contributed by atoms with E-state index in [-0.39, 0.29) is 5.90 Å². The highest BCUT2D eigenvalue weighted by molar-refractivity contribution is 9.10. The van der Waals surface area contributed by atoms with E-state index in [9.17, 15) is 15.8 Å². The fourth-order valence-electron chi connectivity index (χ4n) is 3.94. The van der Waals surface area contributed by atoms with E-state index in [1.54, 1.807) is 13.0 Å². The smallest absolute Gasteiger partial charge is 0.214 e. The summed E-state index contributed by atoms with van der Waals surface area (Å²) in [5.74, 6) is -2.16. The standard InChI is InChI=1S/C16H13BrN4O2S/c1-3-11-14(2)22-12(10-4-9(17)5-24-10)15(6-18,7-19)16(11,8-20)13(21)23-14/h4-5,11-12,21H,3H2,1-2H3. The van der Waals surface area contributed by atoms with Gasteiger partial charge in [0.15, 0.2) is 5.41 Å². The quantitative estimate of drug-likeness (QED) is 0.802. The van der Waals surface area contributed by atoms with Crippen molar-refractivity contribution in [2.24, 2.45) is 16.7 Å². The molecule has 2 bridgehead atoms. The molecule has 2 fully saturated rings. The SMILES string of the molecule is CCC1C2(C)OC(=N)C1(C#N)C(C#N)(C#N)C(c1cc(Br)cs1)O2. The zero-order chi connectivity index (χ0) is 17.8. The second-order valence-corrected chi connectivity index (χ2v) is 7.88. The van der Waals surface area contributed by atoms with E-state index < -0.39 is 28.6 Å². The molecule has 0 aromatic carbocycles. The lowest BCUT2D eigenvalue weighted by molar-refractivity contribution is -0.272. The zero-order valence-electron chi connectivity index (χ0n) is 13.0. The van der Waals surface area contributed by atoms with Crippen LogP contribution in [-0.2, 0) is 9.47 Å². The first-order chi connectivity index (χ1) is 11.3. The van der Waals surface area contributed by atoms with Gasteiger partial charge in [-0.1, -0.05) is 6.92 Å². The van der Waals surface area contributed by atoms with Crippen LogP contribution in [0.1, 0.15) is 31.2 Å². The Kier molecular flexibility index (Phi) is 3.73. The van der Waals surface area contributed by atoms with Crippen molar-refractivity contribution in [1.82, 2.24) is 0 Å². The molecule has 2 saturated heterocycles. The Balaban J connectivity index is 2.34. The van der Waals surface area contributed by atoms with Crippen LogP contribution in [0.5, 0.6) is 0 Å². The summed E-state index contributed by atoms with van der Waals surface area (Å²) in [5, 5.41) is 40.0. The molecule has 2 aliphatic heterocycles. The minimum atomic E-state index is -1.86. The molecular weight excluding hydrogens is 392 g/mol. The number of hydrogen-bond acceptors (Lipinski definition) is 7. The van der Waals surface area contributed by atoms with Gasteiger partial charge in [-0.15, -0.1) is 11.3 Å². The van der Waals surface area contributed by atoms with Crippen LogP contribution in [-0.4, -0.2) is 11.7 Å². The van der Waals surface area contributed by atoms with Gasteiger partial charge in [0.25, 0.3) is 0 Å². The van der Waals surface area contributed by atoms with Gasteiger partial charge in [-0.05, 0) is 28.4 Å². The van der Waals surface area contributed by atoms with Crippen molar-refractivity contribution >= 4 is 33.2 Å². The minimum absolute atomic E-state index is 0.361. The summed E-state index contributed by atoms with van der Waals surface area (Å²) in [4.78, 5) is 0.642. The van der Waals surface area contributed by atoms with Crippen molar-refractivity contribution in [3.63, 3.8) is 0 Å². The van der Waals surface area contributed by atoms with Crippen molar-refractivity contribution in [2.75, 3.05) is 0 Å². The molecule has 0 aliphatic carbocycles. The molecule has 3 heterocycles. The van der Waals surface area contributed by atoms with Crippen LogP contribution >= 0.6 is 27.3 Å². The summed E-state index contributed by atoms with van der Waals surface area (Å²) in [6.07, 6.45) is -0.530. The van der Waals surface area contributed by atoms with E-state index in [1.807, 2.05) is 24.4 Å². The van der Waals surface area contributed by atoms with E-state index in [0.29, 0.717) is 11.3 Å². The van der Waals surface area contributed by atoms with Gasteiger partial charge in [-0.25, -0.2) is 0 Å². The number of rotatable bonds is 2. The third kappa shape index (κ3) is 1.73. The summed E-state index contributed by atoms with van der Waals surface area (Å²) in [5.41, 5.74) is -3.53. The molecule has 4 atom stereocenters. The molecule has 0 spiro atoms. The van der Waals surface area contributed by atoms with Gasteiger partial charge < -0.3 is 9.47 Å². The summed E-state index contributed by atoms with van der Waals surface area (Å²) in [6, 6.07) is 7.91. The molecular formula is C16H13BrN4O2S. The highest BCUT2D eigenvalue weighted by Gasteiger charge is 2.79. The lowest BCUT2D eigenvalue weighted by Crippen LogP contribution is -2.58. The molecule has 6 nitrogen and oxygen atoms in total. The second-order valence-electron chi connectivity index (χ2n) is 6.02. The second kappa shape index (κ2) is 5.29. The number of nitrogens with one attached hydrogen (secondary N) is 1. The number of halogens is 1. The Labute approximate surface area is 151 Å². The molecule has 3 rings (SSSR count). The molecule has 0 amide bonds. The molecule has 0 radical (unpaired) electrons. The fourth-order valence-corrected chi connectivity index (χ4v) is 5.48. The van der Waals surface area contributed by atoms with E-state index >= 15 is 0 Å². The summed E-state index contributed by atoms with van der Waals surface area (Å²) in [7, 11) is 0. The average Bonchev–Trinajstić information content (AvgIpc) is 3.05. The lowest BCUT2D eigenvalue weighted by Gasteiger charge is -2.48. The molecule has 0 saturated carbocycles. The molecule has 1 aromatic heterocycles. The summed E-state index contributed by atoms with van der Waals surface area (Å²) >= 11 is 4.69. The molecule has 2 aliphatic rings. The predicted octanol–water partition coefficient (Wildman–Crippen LogP) is 3.88. The van der Waals surface area contributed by atoms with Crippen LogP contribution in [0.2, 0.25) is 0 Å². The number of hydrogen-bond donors (Lipinski definition) is 1. The van der Waals surface area contributed by atoms with Crippen molar-refractivity contribution in [2.45, 2.75) is 32.2 Å². The Morgan fingerprint density at radius 2 is 2.00 bits per heavy atom. The van der Waals surface area contributed by atoms with Gasteiger partial charge in [-0.3, -0.25) is 5.41 Å². The van der Waals surface area contributed by atoms with E-state index in [4.69, 9.17) is 14.9 Å². The normalized spacial score (nSPS) is 36.2. The van der Waals surface area contributed by atoms with Crippen LogP contribution in [0.15, 0.2) is 15.9 Å². The molecule has 24 heavy (non-hydrogen) atoms. The average molecular weight is 405 g/mol. The zero-order valence-corrected chi connectivity index (χ0v) is 15.4. The summed E-state index contributed by atoms with van der Waals surface area (Å²) in [6.45, 7) is 3.50. The first-order valence-electron chi connectivity index (χ1n) is 7.28. The van der Waals surface area contributed by atoms with E-state index in [0.717, 1.165) is 4.47 Å². The van der Waals surface area contributed by atoms with Crippen LogP contribution in [0, 0.1) is 56.2 Å². The molecule has 1 N–H and O–H groups in total. The molecule has 8 heteroatoms. The van der Waals surface area contributed by atoms with Gasteiger partial charge in [-0.2, -0.15) is 15.8 Å². The monoisotopic (exact) mass is 404 g/mol. The number of nitrogens with zero attached hydrogens (tertiary/aromatic N) is 3. The third-order valence-electron chi connectivity index (χ3n) is 4.97. The van der Waals surface area contributed by atoms with Crippen molar-refractivity contribution in [3.05, 3.63) is 20.8 Å². The van der Waals surface area contributed by atoms with Gasteiger partial charge >= 0.3 is 0 Å². The van der Waals surface area contributed by atoms with Gasteiger partial charge in [0, 0.05) is 21.7 Å². The van der Waals surface area contributed by atoms with Crippen molar-refractivity contribution < 1.29 is 9.47 Å². The topological polar surface area (TPSA) is 114 Å². The van der Waals surface area contributed by atoms with Crippen LogP contribution in [0.3, 0.4) is 0 Å². The van der Waals surface area contributed by atoms with Crippen LogP contribution in [0.25, 0.3) is 0 Å². The number of thiophene rings is 1. The largest absolute Gasteiger partial charge is 0.448 e. The maximum Gasteiger partial charge on any atom is 0.214 e. The van der Waals surface area contributed by atoms with Crippen LogP contribution in [0.4, 0.5) is 0 Å². The fraction of sp³-hybridized carbons (Fsp3) is 0.500. The Morgan fingerprint density at radius 3 is 2.46 bits per heavy atom.